The van der Waals surface area contributed by atoms with Gasteiger partial charge in [0.15, 0.2) is 11.7 Å². The van der Waals surface area contributed by atoms with E-state index in [1.165, 1.54) is 29.6 Å². The van der Waals surface area contributed by atoms with Gasteiger partial charge in [-0.15, -0.1) is 5.10 Å². The maximum Gasteiger partial charge on any atom is 0.412 e. The topological polar surface area (TPSA) is 54.9 Å². The Morgan fingerprint density at radius 3 is 2.45 bits per heavy atom. The highest BCUT2D eigenvalue weighted by Crippen LogP contribution is 2.33. The molecule has 1 heterocycles. The van der Waals surface area contributed by atoms with E-state index in [-0.39, 0.29) is 11.3 Å². The van der Waals surface area contributed by atoms with Crippen molar-refractivity contribution >= 4 is 29.0 Å². The minimum atomic E-state index is -4.63. The molecule has 1 unspecified atom stereocenters. The fraction of sp³-hybridized carbons (Fsp3) is 0.182. The highest BCUT2D eigenvalue weighted by molar-refractivity contribution is 7.03. The van der Waals surface area contributed by atoms with Crippen molar-refractivity contribution in [2.45, 2.75) is 12.2 Å². The maximum atomic E-state index is 13.0. The number of carbonyl (C=O) groups excluding carboxylic acids is 1. The molecule has 1 amide bonds. The van der Waals surface area contributed by atoms with Crippen molar-refractivity contribution < 1.29 is 18.0 Å². The molecule has 0 spiro atoms. The highest BCUT2D eigenvalue weighted by atomic mass is 35.5. The molecule has 0 saturated carbocycles. The van der Waals surface area contributed by atoms with E-state index in [0.717, 1.165) is 11.5 Å². The van der Waals surface area contributed by atoms with Crippen LogP contribution >= 0.6 is 23.1 Å². The largest absolute Gasteiger partial charge is 0.412 e. The number of alkyl halides is 3. The molecule has 0 aliphatic rings. The molecule has 0 aliphatic heterocycles. The number of nitrogens with one attached hydrogen (secondary N) is 1. The van der Waals surface area contributed by atoms with Gasteiger partial charge in [-0.05, 0) is 29.2 Å². The predicted molar refractivity (Wildman–Crippen MR) is 67.6 cm³/mol. The molecule has 1 aromatic carbocycles. The number of hydrogen-bond donors (Lipinski definition) is 1. The Balaban J connectivity index is 2.25. The third-order valence-electron chi connectivity index (χ3n) is 2.40. The molecule has 2 aromatic rings. The lowest BCUT2D eigenvalue weighted by molar-refractivity contribution is -0.155. The first kappa shape index (κ1) is 14.7. The average Bonchev–Trinajstić information content (AvgIpc) is 2.89. The van der Waals surface area contributed by atoms with Gasteiger partial charge in [0.25, 0.3) is 5.91 Å². The van der Waals surface area contributed by atoms with Crippen molar-refractivity contribution in [3.05, 3.63) is 45.9 Å². The van der Waals surface area contributed by atoms with Crippen molar-refractivity contribution in [2.24, 2.45) is 0 Å². The van der Waals surface area contributed by atoms with Crippen molar-refractivity contribution in [3.63, 3.8) is 0 Å². The smallest absolute Gasteiger partial charge is 0.335 e. The van der Waals surface area contributed by atoms with Crippen molar-refractivity contribution in [1.29, 1.82) is 0 Å². The Morgan fingerprint density at radius 2 is 1.95 bits per heavy atom. The van der Waals surface area contributed by atoms with Crippen molar-refractivity contribution in [3.8, 4) is 0 Å². The van der Waals surface area contributed by atoms with Crippen LogP contribution in [0.15, 0.2) is 29.6 Å². The third kappa shape index (κ3) is 3.45. The van der Waals surface area contributed by atoms with Crippen LogP contribution < -0.4 is 5.32 Å². The van der Waals surface area contributed by atoms with E-state index in [4.69, 9.17) is 11.6 Å². The Hall–Kier alpha value is -1.67. The maximum absolute atomic E-state index is 13.0. The van der Waals surface area contributed by atoms with Gasteiger partial charge >= 0.3 is 6.18 Å². The summed E-state index contributed by atoms with van der Waals surface area (Å²) in [6.45, 7) is 0. The van der Waals surface area contributed by atoms with Crippen LogP contribution in [0.2, 0.25) is 5.02 Å². The second kappa shape index (κ2) is 5.76. The first-order valence-corrected chi connectivity index (χ1v) is 6.49. The van der Waals surface area contributed by atoms with Gasteiger partial charge in [-0.25, -0.2) is 0 Å². The van der Waals surface area contributed by atoms with Gasteiger partial charge in [0, 0.05) is 10.4 Å². The fourth-order valence-corrected chi connectivity index (χ4v) is 2.04. The lowest BCUT2D eigenvalue weighted by Crippen LogP contribution is -2.38. The summed E-state index contributed by atoms with van der Waals surface area (Å²) in [4.78, 5) is 11.7. The molecule has 0 saturated heterocycles. The van der Waals surface area contributed by atoms with E-state index in [2.05, 4.69) is 9.59 Å². The summed E-state index contributed by atoms with van der Waals surface area (Å²) in [5.41, 5.74) is -0.267. The Morgan fingerprint density at radius 1 is 1.30 bits per heavy atom. The van der Waals surface area contributed by atoms with Crippen LogP contribution in [0.5, 0.6) is 0 Å². The van der Waals surface area contributed by atoms with Gasteiger partial charge in [-0.2, -0.15) is 13.2 Å². The average molecular weight is 322 g/mol. The van der Waals surface area contributed by atoms with Crippen molar-refractivity contribution in [1.82, 2.24) is 14.9 Å². The number of halogens is 4. The molecule has 0 fully saturated rings. The molecule has 0 bridgehead atoms. The number of nitrogens with zero attached hydrogens (tertiary/aromatic N) is 2. The van der Waals surface area contributed by atoms with Gasteiger partial charge in [0.05, 0.1) is 0 Å². The zero-order chi connectivity index (χ0) is 14.8. The van der Waals surface area contributed by atoms with Gasteiger partial charge in [-0.1, -0.05) is 28.2 Å². The first-order chi connectivity index (χ1) is 9.38. The molecule has 0 radical (unpaired) electrons. The van der Waals surface area contributed by atoms with Crippen LogP contribution in [0.3, 0.4) is 0 Å². The summed E-state index contributed by atoms with van der Waals surface area (Å²) in [5.74, 6) is -0.934. The summed E-state index contributed by atoms with van der Waals surface area (Å²) in [7, 11) is 0. The SMILES string of the molecule is O=C(NC(c1ccc(Cl)cc1)C(F)(F)F)c1csnn1. The predicted octanol–water partition coefficient (Wildman–Crippen LogP) is 3.22. The Bertz CT molecular complexity index is 586. The standard InChI is InChI=1S/C11H7ClF3N3OS/c12-7-3-1-6(2-4-7)9(11(13,14)15)16-10(19)8-5-20-18-17-8/h1-5,9H,(H,16,19). The normalized spacial score (nSPS) is 13.0. The number of rotatable bonds is 3. The zero-order valence-electron chi connectivity index (χ0n) is 9.69. The molecule has 1 aromatic heterocycles. The molecule has 9 heteroatoms. The number of aromatic nitrogens is 2. The number of hydrogen-bond acceptors (Lipinski definition) is 4. The molecule has 1 N–H and O–H groups in total. The van der Waals surface area contributed by atoms with Crippen LogP contribution in [0.25, 0.3) is 0 Å². The molecule has 4 nitrogen and oxygen atoms in total. The molecular formula is C11H7ClF3N3OS. The van der Waals surface area contributed by atoms with Gasteiger partial charge in [-0.3, -0.25) is 4.79 Å². The summed E-state index contributed by atoms with van der Waals surface area (Å²) >= 11 is 6.51. The van der Waals surface area contributed by atoms with Gasteiger partial charge in [0.2, 0.25) is 0 Å². The summed E-state index contributed by atoms with van der Waals surface area (Å²) in [5, 5.41) is 6.90. The van der Waals surface area contributed by atoms with Crippen molar-refractivity contribution in [2.75, 3.05) is 0 Å². The summed E-state index contributed by atoms with van der Waals surface area (Å²) in [6, 6.07) is 2.94. The summed E-state index contributed by atoms with van der Waals surface area (Å²) in [6.07, 6.45) is -4.63. The minimum absolute atomic E-state index is 0.113. The Kier molecular flexibility index (Phi) is 4.24. The number of carbonyl (C=O) groups is 1. The monoisotopic (exact) mass is 321 g/mol. The molecule has 20 heavy (non-hydrogen) atoms. The third-order valence-corrected chi connectivity index (χ3v) is 3.16. The van der Waals surface area contributed by atoms with Crippen LogP contribution in [0, 0.1) is 0 Å². The minimum Gasteiger partial charge on any atom is -0.335 e. The van der Waals surface area contributed by atoms with Gasteiger partial charge in [0.1, 0.15) is 0 Å². The van der Waals surface area contributed by atoms with E-state index in [1.54, 1.807) is 0 Å². The van der Waals surface area contributed by atoms with E-state index >= 15 is 0 Å². The Labute approximate surface area is 120 Å². The molecule has 2 rings (SSSR count). The highest BCUT2D eigenvalue weighted by Gasteiger charge is 2.42. The van der Waals surface area contributed by atoms with Gasteiger partial charge < -0.3 is 5.32 Å². The van der Waals surface area contributed by atoms with E-state index in [0.29, 0.717) is 5.02 Å². The lowest BCUT2D eigenvalue weighted by Gasteiger charge is -2.21. The second-order valence-electron chi connectivity index (χ2n) is 3.79. The van der Waals surface area contributed by atoms with E-state index in [9.17, 15) is 18.0 Å². The quantitative estimate of drug-likeness (QED) is 0.944. The molecular weight excluding hydrogens is 315 g/mol. The zero-order valence-corrected chi connectivity index (χ0v) is 11.3. The lowest BCUT2D eigenvalue weighted by atomic mass is 10.1. The first-order valence-electron chi connectivity index (χ1n) is 5.28. The molecule has 106 valence electrons. The number of amides is 1. The second-order valence-corrected chi connectivity index (χ2v) is 4.84. The number of benzene rings is 1. The van der Waals surface area contributed by atoms with Crippen LogP contribution in [-0.4, -0.2) is 21.7 Å². The molecule has 0 aliphatic carbocycles. The fourth-order valence-electron chi connectivity index (χ4n) is 1.48. The molecule has 1 atom stereocenters. The van der Waals surface area contributed by atoms with Crippen LogP contribution in [-0.2, 0) is 0 Å². The van der Waals surface area contributed by atoms with Crippen LogP contribution in [0.1, 0.15) is 22.1 Å². The van der Waals surface area contributed by atoms with Crippen LogP contribution in [0.4, 0.5) is 13.2 Å². The summed E-state index contributed by atoms with van der Waals surface area (Å²) < 4.78 is 42.5. The van der Waals surface area contributed by atoms with E-state index in [1.807, 2.05) is 5.32 Å². The van der Waals surface area contributed by atoms with E-state index < -0.39 is 18.1 Å².